The van der Waals surface area contributed by atoms with Crippen LogP contribution in [0.25, 0.3) is 4.85 Å². The van der Waals surface area contributed by atoms with Gasteiger partial charge in [-0.2, -0.15) is 0 Å². The van der Waals surface area contributed by atoms with E-state index in [0.717, 1.165) is 9.79 Å². The highest BCUT2D eigenvalue weighted by Crippen LogP contribution is 2.29. The molecule has 0 amide bonds. The minimum absolute atomic E-state index is 0.271. The fourth-order valence-corrected chi connectivity index (χ4v) is 2.06. The van der Waals surface area contributed by atoms with Crippen molar-refractivity contribution in [1.29, 1.82) is 0 Å². The molecule has 0 spiro atoms. The summed E-state index contributed by atoms with van der Waals surface area (Å²) >= 11 is 1.60. The Bertz CT molecular complexity index is 511. The fourth-order valence-electron chi connectivity index (χ4n) is 1.24. The quantitative estimate of drug-likeness (QED) is 0.781. The molecule has 0 heterocycles. The molecule has 2 aromatic rings. The second-order valence-corrected chi connectivity index (χ2v) is 4.35. The van der Waals surface area contributed by atoms with E-state index in [0.29, 0.717) is 5.69 Å². The van der Waals surface area contributed by atoms with E-state index in [-0.39, 0.29) is 5.75 Å². The Morgan fingerprint density at radius 2 is 1.38 bits per heavy atom. The summed E-state index contributed by atoms with van der Waals surface area (Å²) in [4.78, 5) is 5.48. The molecule has 0 saturated carbocycles. The minimum Gasteiger partial charge on any atom is -0.508 e. The number of nitrogens with zero attached hydrogens (tertiary/aromatic N) is 1. The molecule has 0 radical (unpaired) electrons. The third-order valence-corrected chi connectivity index (χ3v) is 3.05. The Morgan fingerprint density at radius 1 is 0.875 bits per heavy atom. The number of rotatable bonds is 2. The van der Waals surface area contributed by atoms with E-state index in [9.17, 15) is 0 Å². The average molecular weight is 227 g/mol. The van der Waals surface area contributed by atoms with Crippen LogP contribution in [0.15, 0.2) is 58.3 Å². The molecule has 0 aliphatic rings. The van der Waals surface area contributed by atoms with Crippen LogP contribution in [0.1, 0.15) is 0 Å². The third kappa shape index (κ3) is 2.56. The average Bonchev–Trinajstić information content (AvgIpc) is 2.33. The second kappa shape index (κ2) is 4.73. The number of hydrogen-bond acceptors (Lipinski definition) is 2. The number of phenolic OH excluding ortho intramolecular Hbond substituents is 1. The lowest BCUT2D eigenvalue weighted by Crippen LogP contribution is -1.72. The molecule has 1 N–H and O–H groups in total. The highest BCUT2D eigenvalue weighted by molar-refractivity contribution is 7.99. The number of hydrogen-bond donors (Lipinski definition) is 1. The zero-order valence-corrected chi connectivity index (χ0v) is 9.24. The van der Waals surface area contributed by atoms with Crippen molar-refractivity contribution in [1.82, 2.24) is 0 Å². The van der Waals surface area contributed by atoms with Crippen molar-refractivity contribution >= 4 is 17.4 Å². The molecule has 16 heavy (non-hydrogen) atoms. The molecule has 0 unspecified atom stereocenters. The SMILES string of the molecule is [C-]#[N+]c1ccc(Sc2ccc(O)cc2)cc1. The molecular formula is C13H9NOS. The van der Waals surface area contributed by atoms with Crippen molar-refractivity contribution in [3.05, 3.63) is 59.9 Å². The number of aromatic hydroxyl groups is 1. The Balaban J connectivity index is 2.15. The largest absolute Gasteiger partial charge is 0.508 e. The van der Waals surface area contributed by atoms with Gasteiger partial charge in [0, 0.05) is 9.79 Å². The monoisotopic (exact) mass is 227 g/mol. The van der Waals surface area contributed by atoms with Gasteiger partial charge in [-0.05, 0) is 24.3 Å². The maximum atomic E-state index is 9.15. The predicted molar refractivity (Wildman–Crippen MR) is 64.9 cm³/mol. The Kier molecular flexibility index (Phi) is 3.13. The van der Waals surface area contributed by atoms with Crippen LogP contribution in [-0.4, -0.2) is 5.11 Å². The maximum Gasteiger partial charge on any atom is 0.187 e. The Labute approximate surface area is 98.4 Å². The summed E-state index contributed by atoms with van der Waals surface area (Å²) in [7, 11) is 0. The van der Waals surface area contributed by atoms with Crippen molar-refractivity contribution in [3.63, 3.8) is 0 Å². The molecule has 0 aliphatic heterocycles. The highest BCUT2D eigenvalue weighted by atomic mass is 32.2. The minimum atomic E-state index is 0.271. The first-order chi connectivity index (χ1) is 7.78. The van der Waals surface area contributed by atoms with E-state index >= 15 is 0 Å². The summed E-state index contributed by atoms with van der Waals surface area (Å²) < 4.78 is 0. The van der Waals surface area contributed by atoms with E-state index in [4.69, 9.17) is 11.7 Å². The van der Waals surface area contributed by atoms with Crippen molar-refractivity contribution in [2.75, 3.05) is 0 Å². The van der Waals surface area contributed by atoms with Crippen LogP contribution < -0.4 is 0 Å². The Hall–Kier alpha value is -1.92. The smallest absolute Gasteiger partial charge is 0.187 e. The molecule has 0 bridgehead atoms. The summed E-state index contributed by atoms with van der Waals surface area (Å²) in [5.74, 6) is 0.271. The van der Waals surface area contributed by atoms with Gasteiger partial charge in [-0.3, -0.25) is 0 Å². The molecule has 2 nitrogen and oxygen atoms in total. The highest BCUT2D eigenvalue weighted by Gasteiger charge is 1.97. The lowest BCUT2D eigenvalue weighted by atomic mass is 10.3. The maximum absolute atomic E-state index is 9.15. The van der Waals surface area contributed by atoms with Crippen LogP contribution in [0.2, 0.25) is 0 Å². The van der Waals surface area contributed by atoms with Crippen LogP contribution >= 0.6 is 11.8 Å². The van der Waals surface area contributed by atoms with E-state index in [1.807, 2.05) is 24.3 Å². The lowest BCUT2D eigenvalue weighted by Gasteiger charge is -2.01. The van der Waals surface area contributed by atoms with Gasteiger partial charge < -0.3 is 5.11 Å². The molecule has 3 heteroatoms. The number of phenols is 1. The summed E-state index contributed by atoms with van der Waals surface area (Å²) in [6.45, 7) is 6.85. The van der Waals surface area contributed by atoms with Gasteiger partial charge in [0.2, 0.25) is 0 Å². The van der Waals surface area contributed by atoms with Crippen LogP contribution in [-0.2, 0) is 0 Å². The standard InChI is InChI=1S/C13H9NOS/c1-14-10-2-6-12(7-3-10)16-13-8-4-11(15)5-9-13/h2-9,15H. The van der Waals surface area contributed by atoms with Gasteiger partial charge >= 0.3 is 0 Å². The third-order valence-electron chi connectivity index (χ3n) is 2.04. The lowest BCUT2D eigenvalue weighted by molar-refractivity contribution is 0.475. The summed E-state index contributed by atoms with van der Waals surface area (Å²) in [6.07, 6.45) is 0. The number of benzene rings is 2. The van der Waals surface area contributed by atoms with Crippen molar-refractivity contribution in [2.24, 2.45) is 0 Å². The molecule has 0 saturated heterocycles. The van der Waals surface area contributed by atoms with Gasteiger partial charge in [-0.15, -0.1) is 0 Å². The van der Waals surface area contributed by atoms with Gasteiger partial charge in [0.1, 0.15) is 5.75 Å². The zero-order valence-electron chi connectivity index (χ0n) is 8.42. The first-order valence-corrected chi connectivity index (χ1v) is 5.54. The van der Waals surface area contributed by atoms with E-state index in [1.165, 1.54) is 0 Å². The van der Waals surface area contributed by atoms with Crippen LogP contribution in [0.3, 0.4) is 0 Å². The molecule has 2 aromatic carbocycles. The van der Waals surface area contributed by atoms with E-state index < -0.39 is 0 Å². The van der Waals surface area contributed by atoms with Crippen molar-refractivity contribution in [2.45, 2.75) is 9.79 Å². The fraction of sp³-hybridized carbons (Fsp3) is 0. The summed E-state index contributed by atoms with van der Waals surface area (Å²) in [6, 6.07) is 14.5. The predicted octanol–water partition coefficient (Wildman–Crippen LogP) is 4.09. The van der Waals surface area contributed by atoms with Crippen LogP contribution in [0, 0.1) is 6.57 Å². The second-order valence-electron chi connectivity index (χ2n) is 3.20. The molecule has 2 rings (SSSR count). The van der Waals surface area contributed by atoms with Crippen LogP contribution in [0.4, 0.5) is 5.69 Å². The normalized spacial score (nSPS) is 9.69. The van der Waals surface area contributed by atoms with Gasteiger partial charge in [0.05, 0.1) is 6.57 Å². The van der Waals surface area contributed by atoms with Gasteiger partial charge in [-0.1, -0.05) is 36.0 Å². The van der Waals surface area contributed by atoms with Gasteiger partial charge in [-0.25, -0.2) is 4.85 Å². The summed E-state index contributed by atoms with van der Waals surface area (Å²) in [5, 5.41) is 9.15. The molecule has 0 fully saturated rings. The molecule has 78 valence electrons. The molecule has 0 aromatic heterocycles. The van der Waals surface area contributed by atoms with Crippen LogP contribution in [0.5, 0.6) is 5.75 Å². The van der Waals surface area contributed by atoms with Crippen molar-refractivity contribution in [3.8, 4) is 5.75 Å². The van der Waals surface area contributed by atoms with E-state index in [2.05, 4.69) is 4.85 Å². The molecular weight excluding hydrogens is 218 g/mol. The Morgan fingerprint density at radius 3 is 1.88 bits per heavy atom. The topological polar surface area (TPSA) is 24.6 Å². The molecule has 0 atom stereocenters. The first-order valence-electron chi connectivity index (χ1n) is 4.72. The van der Waals surface area contributed by atoms with Gasteiger partial charge in [0.25, 0.3) is 0 Å². The summed E-state index contributed by atoms with van der Waals surface area (Å²) in [5.41, 5.74) is 0.648. The molecule has 0 aliphatic carbocycles. The zero-order chi connectivity index (χ0) is 11.4. The van der Waals surface area contributed by atoms with E-state index in [1.54, 1.807) is 36.0 Å². The van der Waals surface area contributed by atoms with Crippen molar-refractivity contribution < 1.29 is 5.11 Å². The van der Waals surface area contributed by atoms with Gasteiger partial charge in [0.15, 0.2) is 5.69 Å². The first kappa shape index (κ1) is 10.6.